The van der Waals surface area contributed by atoms with Crippen molar-refractivity contribution in [1.29, 1.82) is 0 Å². The summed E-state index contributed by atoms with van der Waals surface area (Å²) in [6.07, 6.45) is 1.69. The highest BCUT2D eigenvalue weighted by molar-refractivity contribution is 5.89. The quantitative estimate of drug-likeness (QED) is 0.340. The van der Waals surface area contributed by atoms with E-state index in [2.05, 4.69) is 15.6 Å². The number of para-hydroxylation sites is 3. The number of H-pyrrole nitrogens is 1. The average molecular weight is 490 g/mol. The van der Waals surface area contributed by atoms with Gasteiger partial charge in [-0.15, -0.1) is 0 Å². The number of imidazole rings is 1. The van der Waals surface area contributed by atoms with Crippen LogP contribution in [-0.2, 0) is 23.0 Å². The second-order valence-corrected chi connectivity index (χ2v) is 10.6. The highest BCUT2D eigenvalue weighted by atomic mass is 16.6. The molecule has 8 nitrogen and oxygen atoms in total. The molecule has 8 heteroatoms. The second kappa shape index (κ2) is 10.0. The minimum Gasteiger partial charge on any atom is -0.444 e. The van der Waals surface area contributed by atoms with Gasteiger partial charge in [0.15, 0.2) is 0 Å². The van der Waals surface area contributed by atoms with Gasteiger partial charge in [-0.2, -0.15) is 0 Å². The number of benzene rings is 2. The van der Waals surface area contributed by atoms with Gasteiger partial charge in [-0.3, -0.25) is 4.79 Å². The smallest absolute Gasteiger partial charge is 0.408 e. The van der Waals surface area contributed by atoms with Crippen molar-refractivity contribution in [2.24, 2.45) is 13.0 Å². The Kier molecular flexibility index (Phi) is 7.06. The van der Waals surface area contributed by atoms with Crippen molar-refractivity contribution in [3.63, 3.8) is 0 Å². The monoisotopic (exact) mass is 489 g/mol. The second-order valence-electron chi connectivity index (χ2n) is 10.6. The van der Waals surface area contributed by atoms with Gasteiger partial charge in [0, 0.05) is 30.6 Å². The van der Waals surface area contributed by atoms with Crippen molar-refractivity contribution < 1.29 is 14.3 Å². The number of rotatable bonds is 7. The lowest BCUT2D eigenvalue weighted by Gasteiger charge is -2.26. The van der Waals surface area contributed by atoms with Gasteiger partial charge in [0.2, 0.25) is 5.91 Å². The number of aryl methyl sites for hydroxylation is 1. The van der Waals surface area contributed by atoms with E-state index in [9.17, 15) is 9.59 Å². The number of hydrogen-bond acceptors (Lipinski definition) is 4. The summed E-state index contributed by atoms with van der Waals surface area (Å²) in [6.45, 7) is 9.44. The maximum Gasteiger partial charge on any atom is 0.408 e. The van der Waals surface area contributed by atoms with Gasteiger partial charge in [-0.25, -0.2) is 9.78 Å². The van der Waals surface area contributed by atoms with Crippen LogP contribution in [0.2, 0.25) is 0 Å². The van der Waals surface area contributed by atoms with Crippen molar-refractivity contribution in [3.8, 4) is 0 Å². The minimum absolute atomic E-state index is 0.0641. The fourth-order valence-electron chi connectivity index (χ4n) is 4.39. The van der Waals surface area contributed by atoms with E-state index in [1.807, 2.05) is 80.2 Å². The van der Waals surface area contributed by atoms with Gasteiger partial charge in [-0.1, -0.05) is 44.2 Å². The number of nitrogens with zero attached hydrogens (tertiary/aromatic N) is 2. The first kappa shape index (κ1) is 25.3. The van der Waals surface area contributed by atoms with E-state index in [0.717, 1.165) is 27.5 Å². The molecule has 0 radical (unpaired) electrons. The van der Waals surface area contributed by atoms with Crippen molar-refractivity contribution >= 4 is 33.9 Å². The Balaban J connectivity index is 1.62. The van der Waals surface area contributed by atoms with Crippen molar-refractivity contribution in [3.05, 3.63) is 66.1 Å². The summed E-state index contributed by atoms with van der Waals surface area (Å²) >= 11 is 0. The third-order valence-electron chi connectivity index (χ3n) is 6.08. The zero-order valence-corrected chi connectivity index (χ0v) is 21.8. The first-order valence-corrected chi connectivity index (χ1v) is 12.3. The van der Waals surface area contributed by atoms with Gasteiger partial charge >= 0.3 is 6.09 Å². The normalized spacial score (nSPS) is 13.6. The zero-order valence-electron chi connectivity index (χ0n) is 21.8. The Labute approximate surface area is 211 Å². The van der Waals surface area contributed by atoms with Crippen LogP contribution in [0.4, 0.5) is 4.79 Å². The number of carbonyl (C=O) groups excluding carboxylic acids is 2. The third kappa shape index (κ3) is 5.70. The molecule has 36 heavy (non-hydrogen) atoms. The van der Waals surface area contributed by atoms with Crippen molar-refractivity contribution in [2.45, 2.75) is 58.7 Å². The average Bonchev–Trinajstić information content (AvgIpc) is 3.36. The molecular formula is C28H35N5O3. The van der Waals surface area contributed by atoms with E-state index >= 15 is 0 Å². The molecule has 0 aliphatic heterocycles. The molecule has 0 unspecified atom stereocenters. The summed E-state index contributed by atoms with van der Waals surface area (Å²) in [7, 11) is 1.97. The molecule has 0 bridgehead atoms. The van der Waals surface area contributed by atoms with Crippen LogP contribution < -0.4 is 10.6 Å². The van der Waals surface area contributed by atoms with Crippen LogP contribution in [0.1, 0.15) is 52.0 Å². The number of fused-ring (bicyclic) bond motifs is 2. The molecule has 2 atom stereocenters. The van der Waals surface area contributed by atoms with E-state index in [4.69, 9.17) is 9.72 Å². The van der Waals surface area contributed by atoms with Crippen LogP contribution in [0.15, 0.2) is 54.7 Å². The molecule has 0 aliphatic rings. The molecule has 0 fully saturated rings. The fourth-order valence-corrected chi connectivity index (χ4v) is 4.39. The number of carbonyl (C=O) groups is 2. The summed E-state index contributed by atoms with van der Waals surface area (Å²) in [4.78, 5) is 34.4. The highest BCUT2D eigenvalue weighted by Gasteiger charge is 2.29. The molecule has 0 spiro atoms. The minimum atomic E-state index is -0.837. The molecule has 0 saturated heterocycles. The first-order chi connectivity index (χ1) is 17.0. The molecular weight excluding hydrogens is 454 g/mol. The van der Waals surface area contributed by atoms with Crippen LogP contribution in [-0.4, -0.2) is 38.2 Å². The third-order valence-corrected chi connectivity index (χ3v) is 6.08. The largest absolute Gasteiger partial charge is 0.444 e. The number of aromatic nitrogens is 3. The molecule has 2 amide bonds. The number of aromatic amines is 1. The molecule has 3 N–H and O–H groups in total. The Hall–Kier alpha value is -3.81. The number of ether oxygens (including phenoxy) is 1. The number of nitrogens with one attached hydrogen (secondary N) is 3. The van der Waals surface area contributed by atoms with Crippen LogP contribution in [0, 0.1) is 5.92 Å². The summed E-state index contributed by atoms with van der Waals surface area (Å²) in [5, 5.41) is 6.98. The lowest BCUT2D eigenvalue weighted by molar-refractivity contribution is -0.124. The van der Waals surface area contributed by atoms with Crippen LogP contribution >= 0.6 is 0 Å². The molecule has 2 heterocycles. The van der Waals surface area contributed by atoms with Crippen LogP contribution in [0.25, 0.3) is 21.9 Å². The highest BCUT2D eigenvalue weighted by Crippen LogP contribution is 2.24. The van der Waals surface area contributed by atoms with E-state index in [1.54, 1.807) is 20.8 Å². The Morgan fingerprint density at radius 3 is 2.44 bits per heavy atom. The van der Waals surface area contributed by atoms with E-state index in [-0.39, 0.29) is 17.9 Å². The fraction of sp³-hybridized carbons (Fsp3) is 0.393. The number of amides is 2. The maximum atomic E-state index is 13.7. The van der Waals surface area contributed by atoms with Gasteiger partial charge in [-0.05, 0) is 50.5 Å². The topological polar surface area (TPSA) is 101 Å². The molecule has 2 aromatic heterocycles. The molecule has 0 aliphatic carbocycles. The SMILES string of the molecule is CC(C)[C@H](NC(=O)[C@H](Cc1cn(C)c2ccccc12)NC(=O)OC(C)(C)C)c1nc2ccccc2[nH]1. The van der Waals surface area contributed by atoms with E-state index in [0.29, 0.717) is 12.2 Å². The van der Waals surface area contributed by atoms with Crippen molar-refractivity contribution in [2.75, 3.05) is 0 Å². The number of hydrogen-bond donors (Lipinski definition) is 3. The van der Waals surface area contributed by atoms with Crippen LogP contribution in [0.3, 0.4) is 0 Å². The lowest BCUT2D eigenvalue weighted by Crippen LogP contribution is -2.50. The van der Waals surface area contributed by atoms with Gasteiger partial charge in [0.05, 0.1) is 17.1 Å². The predicted molar refractivity (Wildman–Crippen MR) is 142 cm³/mol. The zero-order chi connectivity index (χ0) is 26.0. The van der Waals surface area contributed by atoms with Gasteiger partial charge in [0.25, 0.3) is 0 Å². The van der Waals surface area contributed by atoms with Gasteiger partial charge in [0.1, 0.15) is 17.5 Å². The summed E-state index contributed by atoms with van der Waals surface area (Å²) in [5.41, 5.74) is 3.10. The van der Waals surface area contributed by atoms with Crippen molar-refractivity contribution in [1.82, 2.24) is 25.2 Å². The summed E-state index contributed by atoms with van der Waals surface area (Å²) < 4.78 is 7.50. The molecule has 4 aromatic rings. The van der Waals surface area contributed by atoms with Gasteiger partial charge < -0.3 is 24.9 Å². The molecule has 190 valence electrons. The molecule has 4 rings (SSSR count). The van der Waals surface area contributed by atoms with E-state index < -0.39 is 17.7 Å². The predicted octanol–water partition coefficient (Wildman–Crippen LogP) is 5.00. The standard InChI is InChI=1S/C28H35N5O3/c1-17(2)24(25-29-20-12-8-9-13-21(20)30-25)32-26(34)22(31-27(35)36-28(3,4)5)15-18-16-33(6)23-14-10-7-11-19(18)23/h7-14,16-17,22,24H,15H2,1-6H3,(H,29,30)(H,31,35)(H,32,34)/t22-,24-/m0/s1. The Morgan fingerprint density at radius 1 is 1.06 bits per heavy atom. The lowest BCUT2D eigenvalue weighted by atomic mass is 10.0. The Morgan fingerprint density at radius 2 is 1.75 bits per heavy atom. The molecule has 2 aromatic carbocycles. The first-order valence-electron chi connectivity index (χ1n) is 12.3. The maximum absolute atomic E-state index is 13.7. The molecule has 0 saturated carbocycles. The Bertz CT molecular complexity index is 1350. The number of alkyl carbamates (subject to hydrolysis) is 1. The van der Waals surface area contributed by atoms with E-state index in [1.165, 1.54) is 0 Å². The van der Waals surface area contributed by atoms with Crippen LogP contribution in [0.5, 0.6) is 0 Å². The summed E-state index contributed by atoms with van der Waals surface area (Å²) in [5.74, 6) is 0.447. The summed E-state index contributed by atoms with van der Waals surface area (Å²) in [6, 6.07) is 14.6.